The van der Waals surface area contributed by atoms with Gasteiger partial charge in [-0.25, -0.2) is 0 Å². The quantitative estimate of drug-likeness (QED) is 0.172. The first kappa shape index (κ1) is 31.0. The second kappa shape index (κ2) is 11.8. The average Bonchev–Trinajstić information content (AvgIpc) is 3.74. The normalized spacial score (nSPS) is 23.3. The standard InChI is InChI=1S/C52H41NS/c1-2-8-35(9-3-1)36-14-19-41(20-15-36)53(43-23-25-51-47(32-43)46-11-5-7-13-50(46)54-51)42-21-16-37(17-22-42)38-18-24-45-44-10-4-6-12-48(44)52(49(45)31-38)39-27-33-26-34(29-39)30-40(52)28-33/h1-25,31-34,39-40H,26-30H2. The molecule has 0 radical (unpaired) electrons. The van der Waals surface area contributed by atoms with E-state index in [4.69, 9.17) is 0 Å². The molecule has 1 nitrogen and oxygen atoms in total. The minimum absolute atomic E-state index is 0.183. The molecule has 0 atom stereocenters. The van der Waals surface area contributed by atoms with Crippen LogP contribution < -0.4 is 4.90 Å². The van der Waals surface area contributed by atoms with Gasteiger partial charge in [0.1, 0.15) is 0 Å². The highest BCUT2D eigenvalue weighted by molar-refractivity contribution is 7.25. The highest BCUT2D eigenvalue weighted by Gasteiger charge is 2.61. The molecule has 0 amide bonds. The summed E-state index contributed by atoms with van der Waals surface area (Å²) in [4.78, 5) is 2.42. The van der Waals surface area contributed by atoms with E-state index in [0.717, 1.165) is 35.0 Å². The van der Waals surface area contributed by atoms with Crippen molar-refractivity contribution in [2.75, 3.05) is 4.90 Å². The topological polar surface area (TPSA) is 3.24 Å². The van der Waals surface area contributed by atoms with Crippen LogP contribution in [0, 0.1) is 23.7 Å². The Hall–Kier alpha value is -5.44. The SMILES string of the molecule is c1ccc(-c2ccc(N(c3ccc(-c4ccc5c(c4)C4(c6ccccc6-5)C5CC6CC(C5)CC4C6)cc3)c3ccc4sc5ccccc5c4c3)cc2)cc1. The van der Waals surface area contributed by atoms with Crippen LogP contribution >= 0.6 is 11.3 Å². The van der Waals surface area contributed by atoms with E-state index in [9.17, 15) is 0 Å². The van der Waals surface area contributed by atoms with Gasteiger partial charge in [0.25, 0.3) is 0 Å². The van der Waals surface area contributed by atoms with Crippen molar-refractivity contribution in [2.45, 2.75) is 37.5 Å². The minimum Gasteiger partial charge on any atom is -0.310 e. The summed E-state index contributed by atoms with van der Waals surface area (Å²) in [5.41, 5.74) is 15.0. The van der Waals surface area contributed by atoms with Gasteiger partial charge in [-0.15, -0.1) is 11.3 Å². The molecule has 4 fully saturated rings. The summed E-state index contributed by atoms with van der Waals surface area (Å²) in [5, 5.41) is 2.64. The monoisotopic (exact) mass is 711 g/mol. The van der Waals surface area contributed by atoms with Crippen molar-refractivity contribution >= 4 is 48.6 Å². The number of nitrogens with zero attached hydrogens (tertiary/aromatic N) is 1. The van der Waals surface area contributed by atoms with E-state index in [2.05, 4.69) is 169 Å². The first-order valence-electron chi connectivity index (χ1n) is 19.9. The van der Waals surface area contributed by atoms with Gasteiger partial charge in [0, 0.05) is 42.6 Å². The van der Waals surface area contributed by atoms with Crippen molar-refractivity contribution < 1.29 is 0 Å². The molecule has 54 heavy (non-hydrogen) atoms. The number of hydrogen-bond acceptors (Lipinski definition) is 2. The van der Waals surface area contributed by atoms with E-state index in [1.165, 1.54) is 91.3 Å². The Morgan fingerprint density at radius 1 is 0.407 bits per heavy atom. The Morgan fingerprint density at radius 3 is 1.70 bits per heavy atom. The van der Waals surface area contributed by atoms with Crippen LogP contribution in [0.2, 0.25) is 0 Å². The van der Waals surface area contributed by atoms with E-state index < -0.39 is 0 Å². The Morgan fingerprint density at radius 2 is 0.963 bits per heavy atom. The first-order valence-corrected chi connectivity index (χ1v) is 20.7. The second-order valence-electron chi connectivity index (χ2n) is 16.6. The van der Waals surface area contributed by atoms with Gasteiger partial charge in [-0.2, -0.15) is 0 Å². The summed E-state index contributed by atoms with van der Waals surface area (Å²) in [6.45, 7) is 0. The minimum atomic E-state index is 0.183. The largest absolute Gasteiger partial charge is 0.310 e. The van der Waals surface area contributed by atoms with Gasteiger partial charge in [-0.1, -0.05) is 109 Å². The molecule has 0 aliphatic heterocycles. The molecule has 5 aliphatic rings. The second-order valence-corrected chi connectivity index (χ2v) is 17.6. The maximum atomic E-state index is 2.61. The Labute approximate surface area is 321 Å². The van der Waals surface area contributed by atoms with E-state index in [1.54, 1.807) is 11.1 Å². The number of anilines is 3. The van der Waals surface area contributed by atoms with Gasteiger partial charge in [-0.3, -0.25) is 0 Å². The third-order valence-corrected chi connectivity index (χ3v) is 15.0. The van der Waals surface area contributed by atoms with Crippen LogP contribution in [-0.4, -0.2) is 0 Å². The molecule has 5 aliphatic carbocycles. The highest BCUT2D eigenvalue weighted by atomic mass is 32.1. The van der Waals surface area contributed by atoms with Gasteiger partial charge in [0.2, 0.25) is 0 Å². The Balaban J connectivity index is 0.957. The maximum absolute atomic E-state index is 2.61. The van der Waals surface area contributed by atoms with Crippen molar-refractivity contribution in [3.63, 3.8) is 0 Å². The molecule has 0 unspecified atom stereocenters. The molecule has 1 spiro atoms. The smallest absolute Gasteiger partial charge is 0.0468 e. The molecule has 1 aromatic heterocycles. The van der Waals surface area contributed by atoms with Gasteiger partial charge < -0.3 is 4.90 Å². The predicted octanol–water partition coefficient (Wildman–Crippen LogP) is 14.6. The van der Waals surface area contributed by atoms with E-state index >= 15 is 0 Å². The van der Waals surface area contributed by atoms with Crippen molar-refractivity contribution in [1.29, 1.82) is 0 Å². The van der Waals surface area contributed by atoms with E-state index in [0.29, 0.717) is 0 Å². The number of thiophene rings is 1. The van der Waals surface area contributed by atoms with Gasteiger partial charge in [0.15, 0.2) is 0 Å². The third-order valence-electron chi connectivity index (χ3n) is 13.9. The maximum Gasteiger partial charge on any atom is 0.0468 e. The summed E-state index contributed by atoms with van der Waals surface area (Å²) in [6, 6.07) is 61.8. The summed E-state index contributed by atoms with van der Waals surface area (Å²) >= 11 is 1.87. The van der Waals surface area contributed by atoms with Crippen LogP contribution in [0.3, 0.4) is 0 Å². The summed E-state index contributed by atoms with van der Waals surface area (Å²) < 4.78 is 2.66. The molecule has 0 N–H and O–H groups in total. The molecule has 4 saturated carbocycles. The number of fused-ring (bicyclic) bond motifs is 6. The Kier molecular flexibility index (Phi) is 6.75. The molecule has 260 valence electrons. The number of hydrogen-bond donors (Lipinski definition) is 0. The van der Waals surface area contributed by atoms with Crippen molar-refractivity contribution in [2.24, 2.45) is 23.7 Å². The van der Waals surface area contributed by atoms with Gasteiger partial charge in [-0.05, 0) is 155 Å². The summed E-state index contributed by atoms with van der Waals surface area (Å²) in [6.07, 6.45) is 7.13. The van der Waals surface area contributed by atoms with Crippen molar-refractivity contribution in [3.8, 4) is 33.4 Å². The number of benzene rings is 7. The lowest BCUT2D eigenvalue weighted by molar-refractivity contribution is -0.0399. The fourth-order valence-electron chi connectivity index (χ4n) is 11.9. The zero-order valence-corrected chi connectivity index (χ0v) is 31.1. The Bertz CT molecular complexity index is 2690. The van der Waals surface area contributed by atoms with Crippen LogP contribution in [0.4, 0.5) is 17.1 Å². The third kappa shape index (κ3) is 4.50. The molecular weight excluding hydrogens is 671 g/mol. The fourth-order valence-corrected chi connectivity index (χ4v) is 13.0. The van der Waals surface area contributed by atoms with Crippen molar-refractivity contribution in [3.05, 3.63) is 175 Å². The van der Waals surface area contributed by atoms with Crippen LogP contribution in [0.15, 0.2) is 164 Å². The molecular formula is C52H41NS. The molecule has 2 heteroatoms. The molecule has 7 aromatic carbocycles. The molecule has 8 aromatic rings. The molecule has 4 bridgehead atoms. The lowest BCUT2D eigenvalue weighted by Gasteiger charge is -2.61. The fraction of sp³-hybridized carbons (Fsp3) is 0.192. The van der Waals surface area contributed by atoms with Crippen molar-refractivity contribution in [1.82, 2.24) is 0 Å². The van der Waals surface area contributed by atoms with Crippen LogP contribution in [-0.2, 0) is 5.41 Å². The summed E-state index contributed by atoms with van der Waals surface area (Å²) in [7, 11) is 0. The lowest BCUT2D eigenvalue weighted by atomic mass is 9.43. The average molecular weight is 712 g/mol. The van der Waals surface area contributed by atoms with Gasteiger partial charge in [0.05, 0.1) is 0 Å². The molecule has 1 heterocycles. The predicted molar refractivity (Wildman–Crippen MR) is 228 cm³/mol. The van der Waals surface area contributed by atoms with E-state index in [1.807, 2.05) is 11.3 Å². The van der Waals surface area contributed by atoms with Crippen LogP contribution in [0.25, 0.3) is 53.6 Å². The van der Waals surface area contributed by atoms with Crippen LogP contribution in [0.1, 0.15) is 43.2 Å². The number of rotatable bonds is 5. The highest BCUT2D eigenvalue weighted by Crippen LogP contribution is 2.69. The van der Waals surface area contributed by atoms with E-state index in [-0.39, 0.29) is 5.41 Å². The lowest BCUT2D eigenvalue weighted by Crippen LogP contribution is -2.55. The molecule has 13 rings (SSSR count). The van der Waals surface area contributed by atoms with Gasteiger partial charge >= 0.3 is 0 Å². The summed E-state index contributed by atoms with van der Waals surface area (Å²) in [5.74, 6) is 3.44. The first-order chi connectivity index (χ1) is 26.7. The molecule has 0 saturated heterocycles. The zero-order chi connectivity index (χ0) is 35.4. The zero-order valence-electron chi connectivity index (χ0n) is 30.3. The van der Waals surface area contributed by atoms with Crippen LogP contribution in [0.5, 0.6) is 0 Å².